The zero-order valence-corrected chi connectivity index (χ0v) is 18.6. The maximum absolute atomic E-state index is 12.5. The van der Waals surface area contributed by atoms with Crippen LogP contribution >= 0.6 is 23.1 Å². The summed E-state index contributed by atoms with van der Waals surface area (Å²) in [5.74, 6) is 3.28. The Morgan fingerprint density at radius 2 is 1.67 bits per heavy atom. The van der Waals surface area contributed by atoms with Crippen LogP contribution in [0.2, 0.25) is 0 Å². The largest absolute Gasteiger partial charge is 0.325 e. The zero-order valence-electron chi connectivity index (χ0n) is 17.0. The molecule has 1 heterocycles. The first-order valence-electron chi connectivity index (χ1n) is 11.0. The standard InChI is InChI=1S/C25H26N2OS2/c28-23(15-29-24-27-21-3-1-2-4-22(21)30-24)26-20-7-5-19(6-8-20)25-12-16-9-17(13-25)11-18(10-16)14-25/h1-8,16-18H,9-15H2,(H,26,28). The van der Waals surface area contributed by atoms with Gasteiger partial charge in [-0.25, -0.2) is 4.98 Å². The number of amides is 1. The summed E-state index contributed by atoms with van der Waals surface area (Å²) in [6, 6.07) is 16.9. The number of thioether (sulfide) groups is 1. The Bertz CT molecular complexity index is 1020. The molecule has 4 fully saturated rings. The maximum Gasteiger partial charge on any atom is 0.234 e. The average molecular weight is 435 g/mol. The van der Waals surface area contributed by atoms with Gasteiger partial charge in [0.25, 0.3) is 0 Å². The third-order valence-corrected chi connectivity index (χ3v) is 9.60. The minimum absolute atomic E-state index is 0.0295. The van der Waals surface area contributed by atoms with Gasteiger partial charge in [0.05, 0.1) is 16.0 Å². The Morgan fingerprint density at radius 1 is 1.00 bits per heavy atom. The maximum atomic E-state index is 12.5. The van der Waals surface area contributed by atoms with E-state index in [1.807, 2.05) is 18.2 Å². The number of para-hydroxylation sites is 1. The molecule has 5 heteroatoms. The highest BCUT2D eigenvalue weighted by atomic mass is 32.2. The molecule has 3 aromatic rings. The van der Waals surface area contributed by atoms with E-state index >= 15 is 0 Å². The fourth-order valence-corrected chi connectivity index (χ4v) is 8.48. The van der Waals surface area contributed by atoms with Gasteiger partial charge >= 0.3 is 0 Å². The van der Waals surface area contributed by atoms with Crippen LogP contribution in [0.4, 0.5) is 5.69 Å². The summed E-state index contributed by atoms with van der Waals surface area (Å²) in [7, 11) is 0. The van der Waals surface area contributed by atoms with E-state index < -0.39 is 0 Å². The van der Waals surface area contributed by atoms with Crippen molar-refractivity contribution in [3.8, 4) is 0 Å². The van der Waals surface area contributed by atoms with Crippen LogP contribution in [0.3, 0.4) is 0 Å². The third-order valence-electron chi connectivity index (χ3n) is 7.42. The van der Waals surface area contributed by atoms with Crippen molar-refractivity contribution in [1.29, 1.82) is 0 Å². The molecule has 7 rings (SSSR count). The second-order valence-corrected chi connectivity index (χ2v) is 11.8. The lowest BCUT2D eigenvalue weighted by atomic mass is 9.48. The van der Waals surface area contributed by atoms with E-state index in [4.69, 9.17) is 0 Å². The van der Waals surface area contributed by atoms with Gasteiger partial charge in [0, 0.05) is 5.69 Å². The molecule has 4 aliphatic carbocycles. The van der Waals surface area contributed by atoms with Crippen LogP contribution in [-0.4, -0.2) is 16.6 Å². The molecule has 1 N–H and O–H groups in total. The molecule has 0 atom stereocenters. The first-order chi connectivity index (χ1) is 14.6. The summed E-state index contributed by atoms with van der Waals surface area (Å²) in [5, 5.41) is 3.06. The van der Waals surface area contributed by atoms with Gasteiger partial charge in [0.15, 0.2) is 4.34 Å². The van der Waals surface area contributed by atoms with Crippen molar-refractivity contribution in [2.24, 2.45) is 17.8 Å². The molecule has 4 saturated carbocycles. The second-order valence-electron chi connectivity index (χ2n) is 9.56. The smallest absolute Gasteiger partial charge is 0.234 e. The average Bonchev–Trinajstić information content (AvgIpc) is 3.15. The van der Waals surface area contributed by atoms with E-state index in [1.54, 1.807) is 11.3 Å². The van der Waals surface area contributed by atoms with Crippen molar-refractivity contribution in [1.82, 2.24) is 4.98 Å². The molecule has 1 amide bonds. The summed E-state index contributed by atoms with van der Waals surface area (Å²) in [6.45, 7) is 0. The Kier molecular flexibility index (Phi) is 4.65. The number of rotatable bonds is 5. The molecule has 4 aliphatic rings. The number of nitrogens with zero attached hydrogens (tertiary/aromatic N) is 1. The molecule has 0 aliphatic heterocycles. The topological polar surface area (TPSA) is 42.0 Å². The van der Waals surface area contributed by atoms with Gasteiger partial charge < -0.3 is 5.32 Å². The Hall–Kier alpha value is -1.85. The highest BCUT2D eigenvalue weighted by Crippen LogP contribution is 2.60. The number of nitrogens with one attached hydrogen (secondary N) is 1. The first-order valence-corrected chi connectivity index (χ1v) is 12.8. The lowest BCUT2D eigenvalue weighted by Crippen LogP contribution is -2.48. The molecule has 4 bridgehead atoms. The Morgan fingerprint density at radius 3 is 2.33 bits per heavy atom. The number of fused-ring (bicyclic) bond motifs is 1. The number of aromatic nitrogens is 1. The Labute approximate surface area is 185 Å². The summed E-state index contributed by atoms with van der Waals surface area (Å²) in [6.07, 6.45) is 8.55. The minimum Gasteiger partial charge on any atom is -0.325 e. The lowest BCUT2D eigenvalue weighted by Gasteiger charge is -2.57. The SMILES string of the molecule is O=C(CSc1nc2ccccc2s1)Nc1ccc(C23CC4CC(CC(C4)C2)C3)cc1. The Balaban J connectivity index is 1.09. The number of benzene rings is 2. The van der Waals surface area contributed by atoms with Gasteiger partial charge in [-0.3, -0.25) is 4.79 Å². The first kappa shape index (κ1) is 18.9. The van der Waals surface area contributed by atoms with Crippen molar-refractivity contribution >= 4 is 44.9 Å². The predicted octanol–water partition coefficient (Wildman–Crippen LogP) is 6.49. The van der Waals surface area contributed by atoms with Crippen molar-refractivity contribution in [2.45, 2.75) is 48.3 Å². The van der Waals surface area contributed by atoms with E-state index in [0.29, 0.717) is 11.2 Å². The number of hydrogen-bond donors (Lipinski definition) is 1. The van der Waals surface area contributed by atoms with E-state index in [2.05, 4.69) is 40.6 Å². The molecule has 0 spiro atoms. The fraction of sp³-hybridized carbons (Fsp3) is 0.440. The molecule has 0 saturated heterocycles. The van der Waals surface area contributed by atoms with Crippen LogP contribution in [0.25, 0.3) is 10.2 Å². The predicted molar refractivity (Wildman–Crippen MR) is 125 cm³/mol. The quantitative estimate of drug-likeness (QED) is 0.466. The summed E-state index contributed by atoms with van der Waals surface area (Å²) in [5.41, 5.74) is 3.83. The monoisotopic (exact) mass is 434 g/mol. The van der Waals surface area contributed by atoms with Crippen LogP contribution in [0.15, 0.2) is 52.9 Å². The van der Waals surface area contributed by atoms with Gasteiger partial charge in [0.2, 0.25) is 5.91 Å². The van der Waals surface area contributed by atoms with Gasteiger partial charge in [-0.05, 0) is 91.5 Å². The van der Waals surface area contributed by atoms with E-state index in [9.17, 15) is 4.79 Å². The van der Waals surface area contributed by atoms with Crippen molar-refractivity contribution in [2.75, 3.05) is 11.1 Å². The summed E-state index contributed by atoms with van der Waals surface area (Å²) in [4.78, 5) is 17.0. The number of carbonyl (C=O) groups is 1. The lowest BCUT2D eigenvalue weighted by molar-refractivity contribution is -0.113. The van der Waals surface area contributed by atoms with E-state index in [0.717, 1.165) is 33.3 Å². The number of hydrogen-bond acceptors (Lipinski definition) is 4. The van der Waals surface area contributed by atoms with Gasteiger partial charge in [-0.1, -0.05) is 36.0 Å². The highest BCUT2D eigenvalue weighted by Gasteiger charge is 2.51. The van der Waals surface area contributed by atoms with E-state index in [-0.39, 0.29) is 5.91 Å². The minimum atomic E-state index is 0.0295. The fourth-order valence-electron chi connectivity index (χ4n) is 6.61. The molecular weight excluding hydrogens is 408 g/mol. The van der Waals surface area contributed by atoms with E-state index in [1.165, 1.54) is 60.6 Å². The third kappa shape index (κ3) is 3.46. The summed E-state index contributed by atoms with van der Waals surface area (Å²) >= 11 is 3.16. The zero-order chi connectivity index (χ0) is 20.1. The van der Waals surface area contributed by atoms with Crippen LogP contribution in [0, 0.1) is 17.8 Å². The summed E-state index contributed by atoms with van der Waals surface area (Å²) < 4.78 is 2.11. The van der Waals surface area contributed by atoms with Crippen molar-refractivity contribution in [3.05, 3.63) is 54.1 Å². The molecule has 154 valence electrons. The molecule has 2 aromatic carbocycles. The number of anilines is 1. The molecular formula is C25H26N2OS2. The van der Waals surface area contributed by atoms with Crippen molar-refractivity contribution in [3.63, 3.8) is 0 Å². The van der Waals surface area contributed by atoms with Crippen LogP contribution in [-0.2, 0) is 10.2 Å². The molecule has 0 radical (unpaired) electrons. The number of thiazole rings is 1. The van der Waals surface area contributed by atoms with Crippen LogP contribution < -0.4 is 5.32 Å². The van der Waals surface area contributed by atoms with Crippen LogP contribution in [0.5, 0.6) is 0 Å². The molecule has 0 unspecified atom stereocenters. The highest BCUT2D eigenvalue weighted by molar-refractivity contribution is 8.01. The number of carbonyl (C=O) groups excluding carboxylic acids is 1. The molecule has 3 nitrogen and oxygen atoms in total. The molecule has 30 heavy (non-hydrogen) atoms. The van der Waals surface area contributed by atoms with Crippen molar-refractivity contribution < 1.29 is 4.79 Å². The molecule has 1 aromatic heterocycles. The van der Waals surface area contributed by atoms with Gasteiger partial charge in [-0.2, -0.15) is 0 Å². The van der Waals surface area contributed by atoms with Crippen LogP contribution in [0.1, 0.15) is 44.1 Å². The second kappa shape index (κ2) is 7.38. The van der Waals surface area contributed by atoms with Gasteiger partial charge in [-0.15, -0.1) is 11.3 Å². The normalized spacial score (nSPS) is 29.4. The van der Waals surface area contributed by atoms with Gasteiger partial charge in [0.1, 0.15) is 0 Å².